The summed E-state index contributed by atoms with van der Waals surface area (Å²) < 4.78 is 20.0. The molecule has 3 aliphatic rings. The van der Waals surface area contributed by atoms with E-state index in [0.717, 1.165) is 43.9 Å². The van der Waals surface area contributed by atoms with Crippen LogP contribution in [0.5, 0.6) is 0 Å². The Kier molecular flexibility index (Phi) is 5.88. The summed E-state index contributed by atoms with van der Waals surface area (Å²) in [4.78, 5) is 4.32. The Hall–Kier alpha value is -0.890. The molecule has 3 fully saturated rings. The second kappa shape index (κ2) is 7.78. The van der Waals surface area contributed by atoms with Crippen LogP contribution in [-0.4, -0.2) is 38.3 Å². The maximum absolute atomic E-state index is 14.1. The van der Waals surface area contributed by atoms with Crippen molar-refractivity contribution in [2.24, 2.45) is 10.9 Å². The van der Waals surface area contributed by atoms with E-state index in [4.69, 9.17) is 4.74 Å². The molecule has 0 radical (unpaired) electrons. The third-order valence-electron chi connectivity index (χ3n) is 5.88. The molecule has 25 heavy (non-hydrogen) atoms. The van der Waals surface area contributed by atoms with Crippen molar-refractivity contribution in [3.05, 3.63) is 35.6 Å². The average Bonchev–Trinajstić information content (AvgIpc) is 3.08. The quantitative estimate of drug-likeness (QED) is 0.404. The molecule has 4 nitrogen and oxygen atoms in total. The van der Waals surface area contributed by atoms with Gasteiger partial charge in [0.25, 0.3) is 0 Å². The van der Waals surface area contributed by atoms with E-state index in [1.165, 1.54) is 12.8 Å². The molecule has 1 aliphatic carbocycles. The molecule has 6 heteroatoms. The van der Waals surface area contributed by atoms with E-state index in [-0.39, 0.29) is 35.2 Å². The molecule has 138 valence electrons. The van der Waals surface area contributed by atoms with Gasteiger partial charge in [-0.05, 0) is 43.7 Å². The van der Waals surface area contributed by atoms with E-state index in [0.29, 0.717) is 18.1 Å². The lowest BCUT2D eigenvalue weighted by Crippen LogP contribution is -2.44. The van der Waals surface area contributed by atoms with Gasteiger partial charge in [0.1, 0.15) is 5.82 Å². The van der Waals surface area contributed by atoms with Gasteiger partial charge in [-0.25, -0.2) is 4.39 Å². The Labute approximate surface area is 166 Å². The highest BCUT2D eigenvalue weighted by Gasteiger charge is 2.46. The van der Waals surface area contributed by atoms with Gasteiger partial charge >= 0.3 is 0 Å². The van der Waals surface area contributed by atoms with Gasteiger partial charge in [-0.15, -0.1) is 24.0 Å². The van der Waals surface area contributed by atoms with Crippen LogP contribution in [-0.2, 0) is 10.2 Å². The number of nitrogens with zero attached hydrogens (tertiary/aromatic N) is 1. The minimum atomic E-state index is -0.0983. The Balaban J connectivity index is 0.00000182. The molecule has 0 spiro atoms. The molecule has 2 N–H and O–H groups in total. The van der Waals surface area contributed by atoms with E-state index in [9.17, 15) is 4.39 Å². The number of benzene rings is 1. The fourth-order valence-corrected chi connectivity index (χ4v) is 4.24. The van der Waals surface area contributed by atoms with Crippen molar-refractivity contribution in [3.63, 3.8) is 0 Å². The predicted molar refractivity (Wildman–Crippen MR) is 108 cm³/mol. The second-order valence-electron chi connectivity index (χ2n) is 7.44. The molecule has 0 amide bonds. The van der Waals surface area contributed by atoms with Gasteiger partial charge in [0.2, 0.25) is 0 Å². The molecule has 1 aromatic rings. The molecule has 1 saturated carbocycles. The Bertz CT molecular complexity index is 635. The first-order valence-corrected chi connectivity index (χ1v) is 9.05. The first kappa shape index (κ1) is 18.9. The number of nitrogens with one attached hydrogen (secondary N) is 2. The lowest BCUT2D eigenvalue weighted by atomic mass is 9.89. The van der Waals surface area contributed by atoms with E-state index in [1.54, 1.807) is 19.2 Å². The second-order valence-corrected chi connectivity index (χ2v) is 7.44. The fourth-order valence-electron chi connectivity index (χ4n) is 4.24. The van der Waals surface area contributed by atoms with Crippen molar-refractivity contribution in [2.45, 2.75) is 49.7 Å². The monoisotopic (exact) mass is 459 g/mol. The van der Waals surface area contributed by atoms with Gasteiger partial charge in [-0.1, -0.05) is 18.2 Å². The zero-order valence-corrected chi connectivity index (χ0v) is 17.0. The molecule has 2 aliphatic heterocycles. The Morgan fingerprint density at radius 1 is 1.28 bits per heavy atom. The van der Waals surface area contributed by atoms with Gasteiger partial charge in [0, 0.05) is 31.5 Å². The van der Waals surface area contributed by atoms with Crippen molar-refractivity contribution < 1.29 is 9.13 Å². The van der Waals surface area contributed by atoms with Gasteiger partial charge in [-0.2, -0.15) is 0 Å². The molecule has 2 heterocycles. The smallest absolute Gasteiger partial charge is 0.191 e. The summed E-state index contributed by atoms with van der Waals surface area (Å²) >= 11 is 0. The van der Waals surface area contributed by atoms with Crippen molar-refractivity contribution in [1.82, 2.24) is 10.6 Å². The number of ether oxygens (including phenoxy) is 1. The molecule has 3 unspecified atom stereocenters. The van der Waals surface area contributed by atoms with Crippen LogP contribution < -0.4 is 10.6 Å². The SMILES string of the molecule is CN=C(NCC1CC2CCC1O2)NCC1(c2ccccc2F)CC1.I. The normalized spacial score (nSPS) is 29.2. The number of hydrogen-bond donors (Lipinski definition) is 2. The third kappa shape index (κ3) is 3.94. The lowest BCUT2D eigenvalue weighted by Gasteiger charge is -2.22. The zero-order valence-electron chi connectivity index (χ0n) is 14.6. The lowest BCUT2D eigenvalue weighted by molar-refractivity contribution is 0.0930. The largest absolute Gasteiger partial charge is 0.375 e. The highest BCUT2D eigenvalue weighted by atomic mass is 127. The van der Waals surface area contributed by atoms with E-state index in [2.05, 4.69) is 15.6 Å². The highest BCUT2D eigenvalue weighted by Crippen LogP contribution is 2.48. The topological polar surface area (TPSA) is 45.7 Å². The molecule has 0 aromatic heterocycles. The predicted octanol–water partition coefficient (Wildman–Crippen LogP) is 3.21. The number of rotatable bonds is 5. The third-order valence-corrected chi connectivity index (χ3v) is 5.88. The molecule has 3 atom stereocenters. The highest BCUT2D eigenvalue weighted by molar-refractivity contribution is 14.0. The van der Waals surface area contributed by atoms with Crippen LogP contribution in [0.4, 0.5) is 4.39 Å². The average molecular weight is 459 g/mol. The summed E-state index contributed by atoms with van der Waals surface area (Å²) in [5.74, 6) is 1.29. The summed E-state index contributed by atoms with van der Waals surface area (Å²) in [6.45, 7) is 1.62. The standard InChI is InChI=1S/C19H26FN3O.HI/c1-21-18(22-11-13-10-14-6-7-17(13)24-14)23-12-19(8-9-19)15-4-2-3-5-16(15)20;/h2-5,13-14,17H,6-12H2,1H3,(H2,21,22,23);1H. The van der Waals surface area contributed by atoms with Gasteiger partial charge < -0.3 is 15.4 Å². The van der Waals surface area contributed by atoms with Crippen LogP contribution in [0.3, 0.4) is 0 Å². The van der Waals surface area contributed by atoms with E-state index < -0.39 is 0 Å². The van der Waals surface area contributed by atoms with E-state index >= 15 is 0 Å². The van der Waals surface area contributed by atoms with Crippen LogP contribution in [0.2, 0.25) is 0 Å². The number of fused-ring (bicyclic) bond motifs is 2. The van der Waals surface area contributed by atoms with Crippen molar-refractivity contribution in [3.8, 4) is 0 Å². The van der Waals surface area contributed by atoms with Crippen molar-refractivity contribution in [2.75, 3.05) is 20.1 Å². The van der Waals surface area contributed by atoms with Crippen LogP contribution in [0.1, 0.15) is 37.7 Å². The van der Waals surface area contributed by atoms with Crippen LogP contribution in [0, 0.1) is 11.7 Å². The van der Waals surface area contributed by atoms with Crippen LogP contribution in [0.15, 0.2) is 29.3 Å². The fraction of sp³-hybridized carbons (Fsp3) is 0.632. The number of aliphatic imine (C=N–C) groups is 1. The summed E-state index contributed by atoms with van der Waals surface area (Å²) in [7, 11) is 1.79. The maximum atomic E-state index is 14.1. The van der Waals surface area contributed by atoms with E-state index in [1.807, 2.05) is 12.1 Å². The van der Waals surface area contributed by atoms with Crippen molar-refractivity contribution >= 4 is 29.9 Å². The summed E-state index contributed by atoms with van der Waals surface area (Å²) in [6.07, 6.45) is 6.53. The first-order chi connectivity index (χ1) is 11.7. The zero-order chi connectivity index (χ0) is 16.6. The molecule has 2 bridgehead atoms. The molecule has 1 aromatic carbocycles. The molecular formula is C19H27FIN3O. The molecule has 4 rings (SSSR count). The van der Waals surface area contributed by atoms with Gasteiger partial charge in [0.15, 0.2) is 5.96 Å². The summed E-state index contributed by atoms with van der Waals surface area (Å²) in [5, 5.41) is 6.83. The van der Waals surface area contributed by atoms with Crippen LogP contribution >= 0.6 is 24.0 Å². The minimum Gasteiger partial charge on any atom is -0.375 e. The van der Waals surface area contributed by atoms with Crippen LogP contribution in [0.25, 0.3) is 0 Å². The summed E-state index contributed by atoms with van der Waals surface area (Å²) in [5.41, 5.74) is 0.757. The Morgan fingerprint density at radius 3 is 2.68 bits per heavy atom. The first-order valence-electron chi connectivity index (χ1n) is 9.05. The van der Waals surface area contributed by atoms with Gasteiger partial charge in [-0.3, -0.25) is 4.99 Å². The minimum absolute atomic E-state index is 0. The molecular weight excluding hydrogens is 432 g/mol. The number of hydrogen-bond acceptors (Lipinski definition) is 2. The summed E-state index contributed by atoms with van der Waals surface area (Å²) in [6, 6.07) is 7.13. The Morgan fingerprint density at radius 2 is 2.08 bits per heavy atom. The molecule has 2 saturated heterocycles. The number of guanidine groups is 1. The number of halogens is 2. The van der Waals surface area contributed by atoms with Gasteiger partial charge in [0.05, 0.1) is 12.2 Å². The van der Waals surface area contributed by atoms with Crippen molar-refractivity contribution in [1.29, 1.82) is 0 Å². The maximum Gasteiger partial charge on any atom is 0.191 e.